The number of nitrogens with zero attached hydrogens (tertiary/aromatic N) is 2. The number of aromatic nitrogens is 2. The highest BCUT2D eigenvalue weighted by Crippen LogP contribution is 2.34. The number of amides is 1. The molecule has 4 rings (SSSR count). The SMILES string of the molecule is CC(C)(C)C(NC(=O)c1ccccc1)c1nc(-c2ccccc2)cn1Cc1ccccc1. The van der Waals surface area contributed by atoms with Crippen LogP contribution in [0.25, 0.3) is 11.3 Å². The molecule has 0 spiro atoms. The lowest BCUT2D eigenvalue weighted by Crippen LogP contribution is -2.38. The summed E-state index contributed by atoms with van der Waals surface area (Å²) in [6.07, 6.45) is 2.09. The molecule has 1 unspecified atom stereocenters. The average molecular weight is 424 g/mol. The van der Waals surface area contributed by atoms with Crippen molar-refractivity contribution in [2.24, 2.45) is 5.41 Å². The van der Waals surface area contributed by atoms with E-state index in [1.54, 1.807) is 0 Å². The van der Waals surface area contributed by atoms with Gasteiger partial charge in [0.25, 0.3) is 5.91 Å². The van der Waals surface area contributed by atoms with Gasteiger partial charge >= 0.3 is 0 Å². The number of carbonyl (C=O) groups is 1. The molecule has 1 aromatic heterocycles. The highest BCUT2D eigenvalue weighted by atomic mass is 16.1. The van der Waals surface area contributed by atoms with Crippen molar-refractivity contribution in [3.8, 4) is 11.3 Å². The Bertz CT molecular complexity index is 1160. The molecule has 1 amide bonds. The van der Waals surface area contributed by atoms with E-state index in [-0.39, 0.29) is 17.4 Å². The van der Waals surface area contributed by atoms with E-state index in [2.05, 4.69) is 61.1 Å². The largest absolute Gasteiger partial charge is 0.342 e. The van der Waals surface area contributed by atoms with Crippen molar-refractivity contribution in [1.29, 1.82) is 0 Å². The summed E-state index contributed by atoms with van der Waals surface area (Å²) >= 11 is 0. The first-order chi connectivity index (χ1) is 15.4. The lowest BCUT2D eigenvalue weighted by molar-refractivity contribution is 0.0895. The van der Waals surface area contributed by atoms with E-state index < -0.39 is 0 Å². The minimum absolute atomic E-state index is 0.0963. The predicted molar refractivity (Wildman–Crippen MR) is 129 cm³/mol. The molecular formula is C28H29N3O. The summed E-state index contributed by atoms with van der Waals surface area (Å²) < 4.78 is 2.17. The van der Waals surface area contributed by atoms with Crippen LogP contribution in [0.1, 0.15) is 48.6 Å². The quantitative estimate of drug-likeness (QED) is 0.406. The number of carbonyl (C=O) groups excluding carboxylic acids is 1. The smallest absolute Gasteiger partial charge is 0.251 e. The zero-order valence-corrected chi connectivity index (χ0v) is 18.8. The second-order valence-electron chi connectivity index (χ2n) is 9.10. The van der Waals surface area contributed by atoms with E-state index in [0.29, 0.717) is 12.1 Å². The van der Waals surface area contributed by atoms with Gasteiger partial charge in [-0.3, -0.25) is 4.79 Å². The molecule has 0 fully saturated rings. The molecule has 4 nitrogen and oxygen atoms in total. The topological polar surface area (TPSA) is 46.9 Å². The predicted octanol–water partition coefficient (Wildman–Crippen LogP) is 6.12. The Balaban J connectivity index is 1.76. The maximum absolute atomic E-state index is 13.1. The summed E-state index contributed by atoms with van der Waals surface area (Å²) in [6.45, 7) is 7.08. The van der Waals surface area contributed by atoms with Crippen molar-refractivity contribution in [1.82, 2.24) is 14.9 Å². The van der Waals surface area contributed by atoms with Crippen molar-refractivity contribution >= 4 is 5.91 Å². The normalized spacial score (nSPS) is 12.3. The molecule has 32 heavy (non-hydrogen) atoms. The number of benzene rings is 3. The van der Waals surface area contributed by atoms with E-state index >= 15 is 0 Å². The van der Waals surface area contributed by atoms with Crippen LogP contribution in [0.15, 0.2) is 97.2 Å². The third-order valence-electron chi connectivity index (χ3n) is 5.51. The molecule has 0 saturated heterocycles. The molecule has 4 heteroatoms. The van der Waals surface area contributed by atoms with Gasteiger partial charge < -0.3 is 9.88 Å². The fourth-order valence-electron chi connectivity index (χ4n) is 3.79. The molecule has 1 N–H and O–H groups in total. The van der Waals surface area contributed by atoms with Crippen molar-refractivity contribution < 1.29 is 4.79 Å². The van der Waals surface area contributed by atoms with Gasteiger partial charge in [-0.05, 0) is 23.1 Å². The first-order valence-corrected chi connectivity index (χ1v) is 10.9. The molecule has 4 aromatic rings. The highest BCUT2D eigenvalue weighted by molar-refractivity contribution is 5.94. The summed E-state index contributed by atoms with van der Waals surface area (Å²) in [7, 11) is 0. The Hall–Kier alpha value is -3.66. The van der Waals surface area contributed by atoms with Crippen LogP contribution in [0.2, 0.25) is 0 Å². The standard InChI is InChI=1S/C28H29N3O/c1-28(2,3)25(30-27(32)23-17-11-6-12-18-23)26-29-24(22-15-9-5-10-16-22)20-31(26)19-21-13-7-4-8-14-21/h4-18,20,25H,19H2,1-3H3,(H,30,32). The molecule has 0 aliphatic carbocycles. The Morgan fingerprint density at radius 3 is 2.03 bits per heavy atom. The van der Waals surface area contributed by atoms with Gasteiger partial charge in [-0.25, -0.2) is 4.98 Å². The van der Waals surface area contributed by atoms with Crippen LogP contribution in [0.4, 0.5) is 0 Å². The van der Waals surface area contributed by atoms with Crippen LogP contribution in [0.3, 0.4) is 0 Å². The minimum Gasteiger partial charge on any atom is -0.342 e. The van der Waals surface area contributed by atoms with Crippen LogP contribution in [-0.2, 0) is 6.54 Å². The number of hydrogen-bond donors (Lipinski definition) is 1. The maximum atomic E-state index is 13.1. The van der Waals surface area contributed by atoms with E-state index in [0.717, 1.165) is 17.1 Å². The van der Waals surface area contributed by atoms with Gasteiger partial charge in [-0.15, -0.1) is 0 Å². The molecule has 0 bridgehead atoms. The van der Waals surface area contributed by atoms with Crippen LogP contribution < -0.4 is 5.32 Å². The zero-order chi connectivity index (χ0) is 22.6. The van der Waals surface area contributed by atoms with Gasteiger partial charge in [-0.1, -0.05) is 99.6 Å². The fourth-order valence-corrected chi connectivity index (χ4v) is 3.79. The molecule has 0 aliphatic heterocycles. The third-order valence-corrected chi connectivity index (χ3v) is 5.51. The summed E-state index contributed by atoms with van der Waals surface area (Å²) in [5.74, 6) is 0.755. The lowest BCUT2D eigenvalue weighted by Gasteiger charge is -2.31. The van der Waals surface area contributed by atoms with Crippen molar-refractivity contribution in [3.05, 3.63) is 114 Å². The minimum atomic E-state index is -0.267. The summed E-state index contributed by atoms with van der Waals surface area (Å²) in [5, 5.41) is 3.26. The molecule has 1 atom stereocenters. The van der Waals surface area contributed by atoms with Crippen LogP contribution in [0.5, 0.6) is 0 Å². The summed E-state index contributed by atoms with van der Waals surface area (Å²) in [6, 6.07) is 29.6. The first kappa shape index (κ1) is 21.6. The van der Waals surface area contributed by atoms with Gasteiger partial charge in [0.2, 0.25) is 0 Å². The van der Waals surface area contributed by atoms with Gasteiger partial charge in [0.05, 0.1) is 11.7 Å². The zero-order valence-electron chi connectivity index (χ0n) is 18.8. The average Bonchev–Trinajstić information content (AvgIpc) is 3.21. The molecule has 0 radical (unpaired) electrons. The second-order valence-corrected chi connectivity index (χ2v) is 9.10. The fraction of sp³-hybridized carbons (Fsp3) is 0.214. The molecule has 0 aliphatic rings. The van der Waals surface area contributed by atoms with E-state index in [1.165, 1.54) is 5.56 Å². The molecule has 162 valence electrons. The van der Waals surface area contributed by atoms with Gasteiger partial charge in [0.1, 0.15) is 5.82 Å². The van der Waals surface area contributed by atoms with E-state index in [9.17, 15) is 4.79 Å². The number of imidazole rings is 1. The monoisotopic (exact) mass is 423 g/mol. The molecular weight excluding hydrogens is 394 g/mol. The van der Waals surface area contributed by atoms with Gasteiger partial charge in [0, 0.05) is 23.9 Å². The van der Waals surface area contributed by atoms with Crippen LogP contribution in [-0.4, -0.2) is 15.5 Å². The number of nitrogens with one attached hydrogen (secondary N) is 1. The first-order valence-electron chi connectivity index (χ1n) is 10.9. The van der Waals surface area contributed by atoms with Gasteiger partial charge in [-0.2, -0.15) is 0 Å². The lowest BCUT2D eigenvalue weighted by atomic mass is 9.85. The highest BCUT2D eigenvalue weighted by Gasteiger charge is 2.32. The van der Waals surface area contributed by atoms with Crippen molar-refractivity contribution in [2.45, 2.75) is 33.4 Å². The van der Waals surface area contributed by atoms with Gasteiger partial charge in [0.15, 0.2) is 0 Å². The van der Waals surface area contributed by atoms with E-state index in [1.807, 2.05) is 66.7 Å². The Morgan fingerprint density at radius 2 is 1.44 bits per heavy atom. The number of rotatable bonds is 6. The van der Waals surface area contributed by atoms with Crippen molar-refractivity contribution in [2.75, 3.05) is 0 Å². The Morgan fingerprint density at radius 1 is 0.875 bits per heavy atom. The number of hydrogen-bond acceptors (Lipinski definition) is 2. The maximum Gasteiger partial charge on any atom is 0.251 e. The third kappa shape index (κ3) is 4.97. The summed E-state index contributed by atoms with van der Waals surface area (Å²) in [5.41, 5.74) is 3.56. The molecule has 3 aromatic carbocycles. The van der Waals surface area contributed by atoms with E-state index in [4.69, 9.17) is 4.98 Å². The van der Waals surface area contributed by atoms with Crippen molar-refractivity contribution in [3.63, 3.8) is 0 Å². The molecule has 0 saturated carbocycles. The molecule has 1 heterocycles. The Kier molecular flexibility index (Phi) is 6.22. The van der Waals surface area contributed by atoms with Crippen LogP contribution >= 0.6 is 0 Å². The van der Waals surface area contributed by atoms with Crippen LogP contribution in [0, 0.1) is 5.41 Å². The Labute approximate surface area is 190 Å². The summed E-state index contributed by atoms with van der Waals surface area (Å²) in [4.78, 5) is 18.1. The second kappa shape index (κ2) is 9.23.